The zero-order chi connectivity index (χ0) is 17.5. The molecule has 0 unspecified atom stereocenters. The first-order valence-corrected chi connectivity index (χ1v) is 6.92. The molecule has 0 fully saturated rings. The molecule has 1 amide bonds. The third-order valence-corrected chi connectivity index (χ3v) is 3.18. The Kier molecular flexibility index (Phi) is 5.32. The number of nitrogens with one attached hydrogen (secondary N) is 1. The fourth-order valence-corrected chi connectivity index (χ4v) is 1.98. The van der Waals surface area contributed by atoms with Crippen molar-refractivity contribution >= 4 is 23.6 Å². The van der Waals surface area contributed by atoms with Crippen LogP contribution in [-0.4, -0.2) is 19.0 Å². The molecule has 0 aliphatic rings. The van der Waals surface area contributed by atoms with Gasteiger partial charge in [0.15, 0.2) is 0 Å². The van der Waals surface area contributed by atoms with Crippen LogP contribution >= 0.6 is 0 Å². The van der Waals surface area contributed by atoms with E-state index in [0.29, 0.717) is 17.0 Å². The van der Waals surface area contributed by atoms with Gasteiger partial charge in [-0.05, 0) is 29.8 Å². The summed E-state index contributed by atoms with van der Waals surface area (Å²) in [5, 5.41) is 22.4. The lowest BCUT2D eigenvalue weighted by Crippen LogP contribution is -2.22. The van der Waals surface area contributed by atoms with Crippen LogP contribution in [0.1, 0.15) is 15.9 Å². The Bertz CT molecular complexity index is 833. The van der Waals surface area contributed by atoms with Crippen molar-refractivity contribution in [3.63, 3.8) is 0 Å². The molecule has 1 N–H and O–H groups in total. The Labute approximate surface area is 138 Å². The van der Waals surface area contributed by atoms with Gasteiger partial charge in [-0.2, -0.15) is 5.26 Å². The standard InChI is InChI=1S/C18H14N2O4/c1-24-16-5-3-2-4-13(16)10-14(11-19)17(21)20-15-8-6-12(7-9-15)18(22)23/h2-10H,1H3,(H,20,21)(H,22,23)/p-1/b14-10+. The summed E-state index contributed by atoms with van der Waals surface area (Å²) in [6, 6.07) is 14.3. The predicted octanol–water partition coefficient (Wildman–Crippen LogP) is 1.60. The van der Waals surface area contributed by atoms with Gasteiger partial charge in [0, 0.05) is 11.3 Å². The number of aromatic carboxylic acids is 1. The van der Waals surface area contributed by atoms with Crippen LogP contribution in [-0.2, 0) is 4.79 Å². The molecular formula is C18H13N2O4-. The Balaban J connectivity index is 2.21. The Morgan fingerprint density at radius 3 is 2.42 bits per heavy atom. The number of nitriles is 1. The van der Waals surface area contributed by atoms with Crippen LogP contribution in [0, 0.1) is 11.3 Å². The first-order chi connectivity index (χ1) is 11.5. The van der Waals surface area contributed by atoms with Crippen molar-refractivity contribution in [3.05, 3.63) is 65.2 Å². The van der Waals surface area contributed by atoms with Crippen LogP contribution in [0.4, 0.5) is 5.69 Å². The summed E-state index contributed by atoms with van der Waals surface area (Å²) in [6.07, 6.45) is 1.42. The summed E-state index contributed by atoms with van der Waals surface area (Å²) in [6.45, 7) is 0. The van der Waals surface area contributed by atoms with Crippen molar-refractivity contribution in [1.82, 2.24) is 0 Å². The predicted molar refractivity (Wildman–Crippen MR) is 86.0 cm³/mol. The van der Waals surface area contributed by atoms with E-state index in [4.69, 9.17) is 4.74 Å². The number of methoxy groups -OCH3 is 1. The number of benzene rings is 2. The largest absolute Gasteiger partial charge is 0.545 e. The fraction of sp³-hybridized carbons (Fsp3) is 0.0556. The summed E-state index contributed by atoms with van der Waals surface area (Å²) in [7, 11) is 1.50. The SMILES string of the molecule is COc1ccccc1/C=C(\C#N)C(=O)Nc1ccc(C(=O)[O-])cc1. The molecule has 6 heteroatoms. The summed E-state index contributed by atoms with van der Waals surface area (Å²) >= 11 is 0. The van der Waals surface area contributed by atoms with E-state index in [1.54, 1.807) is 24.3 Å². The van der Waals surface area contributed by atoms with Gasteiger partial charge >= 0.3 is 0 Å². The number of rotatable bonds is 5. The van der Waals surface area contributed by atoms with Crippen molar-refractivity contribution in [2.24, 2.45) is 0 Å². The Morgan fingerprint density at radius 2 is 1.83 bits per heavy atom. The monoisotopic (exact) mass is 321 g/mol. The van der Waals surface area contributed by atoms with Crippen molar-refractivity contribution < 1.29 is 19.4 Å². The number of amides is 1. The van der Waals surface area contributed by atoms with Crippen molar-refractivity contribution in [2.75, 3.05) is 12.4 Å². The number of hydrogen-bond donors (Lipinski definition) is 1. The number of para-hydroxylation sites is 1. The Hall–Kier alpha value is -3.59. The van der Waals surface area contributed by atoms with E-state index in [1.165, 1.54) is 37.5 Å². The number of nitrogens with zero attached hydrogens (tertiary/aromatic N) is 1. The summed E-state index contributed by atoms with van der Waals surface area (Å²) < 4.78 is 5.18. The Morgan fingerprint density at radius 1 is 1.17 bits per heavy atom. The first kappa shape index (κ1) is 16.8. The van der Waals surface area contributed by atoms with Crippen LogP contribution in [0.2, 0.25) is 0 Å². The molecule has 0 aliphatic carbocycles. The lowest BCUT2D eigenvalue weighted by Gasteiger charge is -2.07. The van der Waals surface area contributed by atoms with Crippen LogP contribution in [0.15, 0.2) is 54.1 Å². The second kappa shape index (κ2) is 7.61. The van der Waals surface area contributed by atoms with E-state index < -0.39 is 11.9 Å². The van der Waals surface area contributed by atoms with E-state index in [2.05, 4.69) is 5.32 Å². The van der Waals surface area contributed by atoms with E-state index in [1.807, 2.05) is 6.07 Å². The molecule has 0 heterocycles. The van der Waals surface area contributed by atoms with Gasteiger partial charge in [-0.25, -0.2) is 0 Å². The molecule has 0 atom stereocenters. The second-order valence-electron chi connectivity index (χ2n) is 4.73. The van der Waals surface area contributed by atoms with E-state index in [9.17, 15) is 20.0 Å². The highest BCUT2D eigenvalue weighted by Gasteiger charge is 2.11. The highest BCUT2D eigenvalue weighted by molar-refractivity contribution is 6.09. The lowest BCUT2D eigenvalue weighted by atomic mass is 10.1. The van der Waals surface area contributed by atoms with Crippen LogP contribution in [0.25, 0.3) is 6.08 Å². The molecule has 120 valence electrons. The van der Waals surface area contributed by atoms with Gasteiger partial charge in [0.05, 0.1) is 13.1 Å². The molecule has 0 aliphatic heterocycles. The number of hydrogen-bond acceptors (Lipinski definition) is 5. The van der Waals surface area contributed by atoms with Crippen LogP contribution in [0.3, 0.4) is 0 Å². The zero-order valence-electron chi connectivity index (χ0n) is 12.8. The van der Waals surface area contributed by atoms with Gasteiger partial charge in [0.1, 0.15) is 17.4 Å². The molecule has 2 aromatic rings. The lowest BCUT2D eigenvalue weighted by molar-refractivity contribution is -0.255. The fourth-order valence-electron chi connectivity index (χ4n) is 1.98. The maximum Gasteiger partial charge on any atom is 0.266 e. The van der Waals surface area contributed by atoms with E-state index in [-0.39, 0.29) is 11.1 Å². The minimum atomic E-state index is -1.30. The normalized spacial score (nSPS) is 10.6. The minimum Gasteiger partial charge on any atom is -0.545 e. The van der Waals surface area contributed by atoms with Crippen molar-refractivity contribution in [1.29, 1.82) is 5.26 Å². The smallest absolute Gasteiger partial charge is 0.266 e. The highest BCUT2D eigenvalue weighted by atomic mass is 16.5. The number of carbonyl (C=O) groups is 2. The molecule has 6 nitrogen and oxygen atoms in total. The molecule has 0 radical (unpaired) electrons. The maximum absolute atomic E-state index is 12.2. The molecule has 0 bridgehead atoms. The molecule has 0 saturated heterocycles. The zero-order valence-corrected chi connectivity index (χ0v) is 12.8. The molecule has 2 rings (SSSR count). The van der Waals surface area contributed by atoms with Gasteiger partial charge in [-0.3, -0.25) is 4.79 Å². The van der Waals surface area contributed by atoms with Gasteiger partial charge < -0.3 is 20.0 Å². The minimum absolute atomic E-state index is 0.00179. The number of carboxylic acids is 1. The quantitative estimate of drug-likeness (QED) is 0.665. The van der Waals surface area contributed by atoms with Crippen LogP contribution in [0.5, 0.6) is 5.75 Å². The highest BCUT2D eigenvalue weighted by Crippen LogP contribution is 2.21. The number of anilines is 1. The summed E-state index contributed by atoms with van der Waals surface area (Å²) in [4.78, 5) is 22.9. The topological polar surface area (TPSA) is 102 Å². The first-order valence-electron chi connectivity index (χ1n) is 6.92. The number of ether oxygens (including phenoxy) is 1. The molecular weight excluding hydrogens is 308 g/mol. The second-order valence-corrected chi connectivity index (χ2v) is 4.73. The van der Waals surface area contributed by atoms with E-state index in [0.717, 1.165) is 0 Å². The number of carboxylic acid groups (broad SMARTS) is 1. The molecule has 24 heavy (non-hydrogen) atoms. The summed E-state index contributed by atoms with van der Waals surface area (Å²) in [5.74, 6) is -1.37. The third kappa shape index (κ3) is 3.99. The van der Waals surface area contributed by atoms with Crippen molar-refractivity contribution in [2.45, 2.75) is 0 Å². The van der Waals surface area contributed by atoms with Crippen LogP contribution < -0.4 is 15.2 Å². The van der Waals surface area contributed by atoms with Gasteiger partial charge in [-0.1, -0.05) is 30.3 Å². The molecule has 0 aromatic heterocycles. The number of carbonyl (C=O) groups excluding carboxylic acids is 2. The molecule has 0 saturated carbocycles. The van der Waals surface area contributed by atoms with Gasteiger partial charge in [-0.15, -0.1) is 0 Å². The molecule has 2 aromatic carbocycles. The average Bonchev–Trinajstić information content (AvgIpc) is 2.60. The van der Waals surface area contributed by atoms with E-state index >= 15 is 0 Å². The average molecular weight is 321 g/mol. The van der Waals surface area contributed by atoms with Gasteiger partial charge in [0.2, 0.25) is 0 Å². The van der Waals surface area contributed by atoms with Gasteiger partial charge in [0.25, 0.3) is 5.91 Å². The maximum atomic E-state index is 12.2. The third-order valence-electron chi connectivity index (χ3n) is 3.18. The van der Waals surface area contributed by atoms with Crippen molar-refractivity contribution in [3.8, 4) is 11.8 Å². The summed E-state index contributed by atoms with van der Waals surface area (Å²) in [5.41, 5.74) is 0.853. The molecule has 0 spiro atoms.